The Morgan fingerprint density at radius 3 is 2.45 bits per heavy atom. The molecular formula is C25H21N3O2S. The highest BCUT2D eigenvalue weighted by Crippen LogP contribution is 2.28. The van der Waals surface area contributed by atoms with E-state index in [-0.39, 0.29) is 11.7 Å². The number of hydrogen-bond donors (Lipinski definition) is 2. The second-order valence-electron chi connectivity index (χ2n) is 7.00. The third-order valence-electron chi connectivity index (χ3n) is 4.82. The van der Waals surface area contributed by atoms with Crippen LogP contribution in [0.4, 0.5) is 0 Å². The number of carbonyl (C=O) groups is 1. The molecule has 4 aromatic rings. The van der Waals surface area contributed by atoms with Crippen LogP contribution in [0.2, 0.25) is 0 Å². The lowest BCUT2D eigenvalue weighted by molar-refractivity contribution is 0.0955. The summed E-state index contributed by atoms with van der Waals surface area (Å²) in [4.78, 5) is 18.0. The molecule has 154 valence electrons. The highest BCUT2D eigenvalue weighted by atomic mass is 32.2. The van der Waals surface area contributed by atoms with Gasteiger partial charge in [0.1, 0.15) is 5.75 Å². The molecule has 0 aliphatic heterocycles. The standard InChI is InChI=1S/C25H21N3O2S/c1-17(19-11-13-22(29)14-12-19)27-28-25(30)21-9-7-18(8-10-21)16-31-23-6-2-4-20-5-3-15-26-24(20)23/h2-15,29H,16H2,1H3,(H,28,30)/b27-17+. The number of phenols is 1. The Balaban J connectivity index is 1.38. The summed E-state index contributed by atoms with van der Waals surface area (Å²) in [6, 6.07) is 24.4. The molecule has 3 aromatic carbocycles. The van der Waals surface area contributed by atoms with Crippen LogP contribution < -0.4 is 5.43 Å². The van der Waals surface area contributed by atoms with E-state index in [4.69, 9.17) is 0 Å². The van der Waals surface area contributed by atoms with Gasteiger partial charge in [0.15, 0.2) is 0 Å². The van der Waals surface area contributed by atoms with Crippen LogP contribution in [0.1, 0.15) is 28.4 Å². The molecule has 1 aromatic heterocycles. The number of benzene rings is 3. The van der Waals surface area contributed by atoms with Crippen LogP contribution in [-0.4, -0.2) is 21.7 Å². The van der Waals surface area contributed by atoms with E-state index in [1.807, 2.05) is 30.5 Å². The van der Waals surface area contributed by atoms with Crippen molar-refractivity contribution >= 4 is 34.3 Å². The van der Waals surface area contributed by atoms with Gasteiger partial charge in [0.2, 0.25) is 0 Å². The summed E-state index contributed by atoms with van der Waals surface area (Å²) in [7, 11) is 0. The van der Waals surface area contributed by atoms with Gasteiger partial charge >= 0.3 is 0 Å². The molecule has 4 rings (SSSR count). The summed E-state index contributed by atoms with van der Waals surface area (Å²) < 4.78 is 0. The van der Waals surface area contributed by atoms with Crippen molar-refractivity contribution < 1.29 is 9.90 Å². The number of hydrogen-bond acceptors (Lipinski definition) is 5. The fraction of sp³-hybridized carbons (Fsp3) is 0.0800. The number of carbonyl (C=O) groups excluding carboxylic acids is 1. The second kappa shape index (κ2) is 9.45. The Bertz CT molecular complexity index is 1230. The van der Waals surface area contributed by atoms with Gasteiger partial charge in [-0.25, -0.2) is 5.43 Å². The smallest absolute Gasteiger partial charge is 0.271 e. The van der Waals surface area contributed by atoms with E-state index in [0.29, 0.717) is 11.3 Å². The molecule has 0 unspecified atom stereocenters. The van der Waals surface area contributed by atoms with Crippen LogP contribution in [0, 0.1) is 0 Å². The molecule has 0 aliphatic rings. The third kappa shape index (κ3) is 5.10. The lowest BCUT2D eigenvalue weighted by atomic mass is 10.1. The highest BCUT2D eigenvalue weighted by molar-refractivity contribution is 7.98. The minimum Gasteiger partial charge on any atom is -0.508 e. The molecule has 0 saturated carbocycles. The highest BCUT2D eigenvalue weighted by Gasteiger charge is 2.07. The van der Waals surface area contributed by atoms with Gasteiger partial charge < -0.3 is 5.11 Å². The van der Waals surface area contributed by atoms with E-state index in [1.54, 1.807) is 55.1 Å². The van der Waals surface area contributed by atoms with Crippen molar-refractivity contribution in [2.45, 2.75) is 17.6 Å². The Kier molecular flexibility index (Phi) is 6.29. The first-order valence-corrected chi connectivity index (χ1v) is 10.8. The zero-order chi connectivity index (χ0) is 21.6. The van der Waals surface area contributed by atoms with E-state index in [2.05, 4.69) is 33.7 Å². The van der Waals surface area contributed by atoms with Crippen molar-refractivity contribution in [3.8, 4) is 5.75 Å². The van der Waals surface area contributed by atoms with E-state index in [0.717, 1.165) is 32.7 Å². The molecule has 2 N–H and O–H groups in total. The molecule has 0 radical (unpaired) electrons. The average molecular weight is 428 g/mol. The zero-order valence-corrected chi connectivity index (χ0v) is 17.8. The molecule has 0 bridgehead atoms. The van der Waals surface area contributed by atoms with Gasteiger partial charge in [-0.05, 0) is 66.6 Å². The summed E-state index contributed by atoms with van der Waals surface area (Å²) in [6.45, 7) is 1.80. The van der Waals surface area contributed by atoms with Crippen molar-refractivity contribution in [1.82, 2.24) is 10.4 Å². The van der Waals surface area contributed by atoms with Gasteiger partial charge in [0.25, 0.3) is 5.91 Å². The third-order valence-corrected chi connectivity index (χ3v) is 5.93. The van der Waals surface area contributed by atoms with E-state index < -0.39 is 0 Å². The Morgan fingerprint density at radius 1 is 0.968 bits per heavy atom. The molecule has 0 aliphatic carbocycles. The number of nitrogens with one attached hydrogen (secondary N) is 1. The first kappa shape index (κ1) is 20.6. The van der Waals surface area contributed by atoms with Crippen molar-refractivity contribution in [2.75, 3.05) is 0 Å². The van der Waals surface area contributed by atoms with Crippen molar-refractivity contribution in [1.29, 1.82) is 0 Å². The number of hydrazone groups is 1. The van der Waals surface area contributed by atoms with Crippen molar-refractivity contribution in [3.05, 3.63) is 102 Å². The zero-order valence-electron chi connectivity index (χ0n) is 16.9. The number of phenolic OH excluding ortho intramolecular Hbond substituents is 1. The number of pyridine rings is 1. The van der Waals surface area contributed by atoms with Gasteiger partial charge in [-0.3, -0.25) is 9.78 Å². The first-order valence-electron chi connectivity index (χ1n) is 9.80. The largest absolute Gasteiger partial charge is 0.508 e. The lowest BCUT2D eigenvalue weighted by Gasteiger charge is -2.07. The van der Waals surface area contributed by atoms with E-state index >= 15 is 0 Å². The second-order valence-corrected chi connectivity index (χ2v) is 8.02. The van der Waals surface area contributed by atoms with Crippen LogP contribution in [0.3, 0.4) is 0 Å². The molecule has 6 heteroatoms. The minimum absolute atomic E-state index is 0.190. The van der Waals surface area contributed by atoms with E-state index in [1.165, 1.54) is 0 Å². The summed E-state index contributed by atoms with van der Waals surface area (Å²) in [6.07, 6.45) is 1.81. The summed E-state index contributed by atoms with van der Waals surface area (Å²) in [5.74, 6) is 0.710. The summed E-state index contributed by atoms with van der Waals surface area (Å²) in [5, 5.41) is 14.6. The predicted octanol–water partition coefficient (Wildman–Crippen LogP) is 5.39. The van der Waals surface area contributed by atoms with Crippen LogP contribution in [0.25, 0.3) is 10.9 Å². The summed E-state index contributed by atoms with van der Waals surface area (Å²) >= 11 is 1.73. The molecule has 1 amide bonds. The van der Waals surface area contributed by atoms with Crippen LogP contribution in [0.15, 0.2) is 95.1 Å². The predicted molar refractivity (Wildman–Crippen MR) is 126 cm³/mol. The fourth-order valence-electron chi connectivity index (χ4n) is 3.07. The maximum atomic E-state index is 12.4. The molecule has 31 heavy (non-hydrogen) atoms. The quantitative estimate of drug-likeness (QED) is 0.246. The van der Waals surface area contributed by atoms with Crippen LogP contribution in [-0.2, 0) is 5.75 Å². The fourth-order valence-corrected chi connectivity index (χ4v) is 4.07. The van der Waals surface area contributed by atoms with Crippen molar-refractivity contribution in [2.24, 2.45) is 5.10 Å². The Morgan fingerprint density at radius 2 is 1.68 bits per heavy atom. The van der Waals surface area contributed by atoms with Gasteiger partial charge in [-0.2, -0.15) is 5.10 Å². The SMILES string of the molecule is C/C(=N\NC(=O)c1ccc(CSc2cccc3cccnc23)cc1)c1ccc(O)cc1. The number of para-hydroxylation sites is 1. The number of aromatic nitrogens is 1. The van der Waals surface area contributed by atoms with Crippen molar-refractivity contribution in [3.63, 3.8) is 0 Å². The minimum atomic E-state index is -0.268. The lowest BCUT2D eigenvalue weighted by Crippen LogP contribution is -2.19. The molecule has 0 atom stereocenters. The van der Waals surface area contributed by atoms with Gasteiger partial charge in [-0.1, -0.05) is 30.3 Å². The maximum Gasteiger partial charge on any atom is 0.271 e. The molecular weight excluding hydrogens is 406 g/mol. The molecule has 0 fully saturated rings. The van der Waals surface area contributed by atoms with Crippen LogP contribution >= 0.6 is 11.8 Å². The monoisotopic (exact) mass is 427 g/mol. The maximum absolute atomic E-state index is 12.4. The number of thioether (sulfide) groups is 1. The number of aromatic hydroxyl groups is 1. The van der Waals surface area contributed by atoms with Gasteiger partial charge in [0, 0.05) is 27.8 Å². The normalized spacial score (nSPS) is 11.5. The van der Waals surface area contributed by atoms with Crippen LogP contribution in [0.5, 0.6) is 5.75 Å². The average Bonchev–Trinajstić information content (AvgIpc) is 2.81. The van der Waals surface area contributed by atoms with Gasteiger partial charge in [0.05, 0.1) is 11.2 Å². The molecule has 0 spiro atoms. The van der Waals surface area contributed by atoms with E-state index in [9.17, 15) is 9.90 Å². The molecule has 0 saturated heterocycles. The number of nitrogens with zero attached hydrogens (tertiary/aromatic N) is 2. The number of fused-ring (bicyclic) bond motifs is 1. The Labute approximate surface area is 184 Å². The number of rotatable bonds is 6. The Hall–Kier alpha value is -3.64. The van der Waals surface area contributed by atoms with Gasteiger partial charge in [-0.15, -0.1) is 11.8 Å². The number of amides is 1. The summed E-state index contributed by atoms with van der Waals surface area (Å²) in [5.41, 5.74) is 6.74. The molecule has 1 heterocycles. The topological polar surface area (TPSA) is 74.6 Å². The first-order chi connectivity index (χ1) is 15.1. The molecule has 5 nitrogen and oxygen atoms in total.